The summed E-state index contributed by atoms with van der Waals surface area (Å²) in [4.78, 5) is 4.52. The minimum Gasteiger partial charge on any atom is -0.357 e. The molecule has 2 aromatic heterocycles. The molecule has 0 bridgehead atoms. The molecule has 3 N–H and O–H groups in total. The second kappa shape index (κ2) is 10.8. The van der Waals surface area contributed by atoms with Crippen LogP contribution in [0.15, 0.2) is 27.4 Å². The third kappa shape index (κ3) is 7.08. The first kappa shape index (κ1) is 22.7. The lowest BCUT2D eigenvalue weighted by Gasteiger charge is -2.12. The lowest BCUT2D eigenvalue weighted by Crippen LogP contribution is -2.41. The minimum absolute atomic E-state index is 0.210. The third-order valence-corrected chi connectivity index (χ3v) is 6.95. The van der Waals surface area contributed by atoms with Gasteiger partial charge in [0.2, 0.25) is 10.0 Å². The van der Waals surface area contributed by atoms with Gasteiger partial charge in [-0.2, -0.15) is 5.10 Å². The zero-order chi connectivity index (χ0) is 20.6. The van der Waals surface area contributed by atoms with Crippen molar-refractivity contribution in [2.45, 2.75) is 37.9 Å². The summed E-state index contributed by atoms with van der Waals surface area (Å²) in [6.45, 7) is 8.85. The van der Waals surface area contributed by atoms with Gasteiger partial charge in [-0.3, -0.25) is 9.67 Å². The van der Waals surface area contributed by atoms with E-state index < -0.39 is 10.0 Å². The number of halogens is 1. The predicted octanol–water partition coefficient (Wildman–Crippen LogP) is 2.14. The summed E-state index contributed by atoms with van der Waals surface area (Å²) in [6, 6.07) is 5.12. The molecule has 0 unspecified atom stereocenters. The predicted molar refractivity (Wildman–Crippen MR) is 115 cm³/mol. The standard InChI is InChI=1S/C17H27ClN6O2S2/c1-4-19-17(20-8-5-11-24-14(3)12-13(2)23-24)21-9-10-22-28(25,26)16-7-6-15(18)27-16/h6-7,12,22H,4-5,8-11H2,1-3H3,(H2,19,20,21). The lowest BCUT2D eigenvalue weighted by molar-refractivity contribution is 0.566. The number of nitrogens with zero attached hydrogens (tertiary/aromatic N) is 3. The monoisotopic (exact) mass is 446 g/mol. The van der Waals surface area contributed by atoms with Crippen molar-refractivity contribution in [1.82, 2.24) is 25.1 Å². The SMILES string of the molecule is CCNC(=NCCCn1nc(C)cc1C)NCCNS(=O)(=O)c1ccc(Cl)s1. The second-order valence-corrected chi connectivity index (χ2v) is 9.86. The van der Waals surface area contributed by atoms with E-state index in [9.17, 15) is 8.42 Å². The van der Waals surface area contributed by atoms with E-state index in [1.54, 1.807) is 6.07 Å². The van der Waals surface area contributed by atoms with Crippen LogP contribution in [0, 0.1) is 13.8 Å². The summed E-state index contributed by atoms with van der Waals surface area (Å²) in [7, 11) is -3.53. The van der Waals surface area contributed by atoms with Crippen LogP contribution in [-0.4, -0.2) is 50.3 Å². The van der Waals surface area contributed by atoms with Gasteiger partial charge in [0.05, 0.1) is 10.0 Å². The molecule has 28 heavy (non-hydrogen) atoms. The lowest BCUT2D eigenvalue weighted by atomic mass is 10.4. The molecule has 2 rings (SSSR count). The van der Waals surface area contributed by atoms with Gasteiger partial charge in [-0.25, -0.2) is 13.1 Å². The van der Waals surface area contributed by atoms with Gasteiger partial charge in [-0.15, -0.1) is 11.3 Å². The summed E-state index contributed by atoms with van der Waals surface area (Å²) in [5, 5.41) is 10.7. The molecule has 0 radical (unpaired) electrons. The number of rotatable bonds is 10. The Hall–Kier alpha value is -1.62. The number of nitrogens with one attached hydrogen (secondary N) is 3. The highest BCUT2D eigenvalue weighted by Gasteiger charge is 2.15. The summed E-state index contributed by atoms with van der Waals surface area (Å²) >= 11 is 6.83. The van der Waals surface area contributed by atoms with Crippen LogP contribution in [0.2, 0.25) is 4.34 Å². The normalized spacial score (nSPS) is 12.4. The first-order chi connectivity index (χ1) is 13.3. The Bertz CT molecular complexity index is 891. The molecule has 0 atom stereocenters. The van der Waals surface area contributed by atoms with Crippen molar-refractivity contribution in [1.29, 1.82) is 0 Å². The molecule has 2 aromatic rings. The maximum Gasteiger partial charge on any atom is 0.250 e. The summed E-state index contributed by atoms with van der Waals surface area (Å²) in [6.07, 6.45) is 0.865. The van der Waals surface area contributed by atoms with Crippen LogP contribution in [0.4, 0.5) is 0 Å². The highest BCUT2D eigenvalue weighted by molar-refractivity contribution is 7.91. The van der Waals surface area contributed by atoms with Crippen molar-refractivity contribution in [2.75, 3.05) is 26.2 Å². The van der Waals surface area contributed by atoms with Crippen LogP contribution in [0.25, 0.3) is 0 Å². The maximum absolute atomic E-state index is 12.1. The Morgan fingerprint density at radius 2 is 2.07 bits per heavy atom. The van der Waals surface area contributed by atoms with Crippen LogP contribution in [0.3, 0.4) is 0 Å². The van der Waals surface area contributed by atoms with Crippen molar-refractivity contribution < 1.29 is 8.42 Å². The number of hydrogen-bond acceptors (Lipinski definition) is 5. The molecular formula is C17H27ClN6O2S2. The van der Waals surface area contributed by atoms with Crippen molar-refractivity contribution in [3.63, 3.8) is 0 Å². The van der Waals surface area contributed by atoms with E-state index in [-0.39, 0.29) is 10.8 Å². The molecule has 8 nitrogen and oxygen atoms in total. The Labute approximate surface area is 175 Å². The Morgan fingerprint density at radius 3 is 2.68 bits per heavy atom. The molecule has 2 heterocycles. The molecule has 156 valence electrons. The summed E-state index contributed by atoms with van der Waals surface area (Å²) < 4.78 is 29.5. The number of sulfonamides is 1. The van der Waals surface area contributed by atoms with Crippen LogP contribution >= 0.6 is 22.9 Å². The smallest absolute Gasteiger partial charge is 0.250 e. The minimum atomic E-state index is -3.53. The Kier molecular flexibility index (Phi) is 8.74. The molecule has 11 heteroatoms. The van der Waals surface area contributed by atoms with Gasteiger partial charge in [0.15, 0.2) is 5.96 Å². The fourth-order valence-electron chi connectivity index (χ4n) is 2.53. The van der Waals surface area contributed by atoms with Crippen molar-refractivity contribution in [3.8, 4) is 0 Å². The average molecular weight is 447 g/mol. The van der Waals surface area contributed by atoms with Gasteiger partial charge < -0.3 is 10.6 Å². The van der Waals surface area contributed by atoms with Gasteiger partial charge in [-0.05, 0) is 45.4 Å². The number of hydrogen-bond donors (Lipinski definition) is 3. The van der Waals surface area contributed by atoms with Gasteiger partial charge in [0, 0.05) is 38.4 Å². The second-order valence-electron chi connectivity index (χ2n) is 6.15. The van der Waals surface area contributed by atoms with Gasteiger partial charge >= 0.3 is 0 Å². The molecule has 0 aliphatic rings. The van der Waals surface area contributed by atoms with E-state index in [4.69, 9.17) is 11.6 Å². The molecule has 0 aliphatic carbocycles. The fraction of sp³-hybridized carbons (Fsp3) is 0.529. The van der Waals surface area contributed by atoms with Gasteiger partial charge in [0.25, 0.3) is 0 Å². The molecule has 0 saturated carbocycles. The Balaban J connectivity index is 1.75. The Morgan fingerprint density at radius 1 is 1.29 bits per heavy atom. The van der Waals surface area contributed by atoms with E-state index in [1.165, 1.54) is 6.07 Å². The van der Waals surface area contributed by atoms with Crippen molar-refractivity contribution in [2.24, 2.45) is 4.99 Å². The third-order valence-electron chi connectivity index (χ3n) is 3.77. The first-order valence-corrected chi connectivity index (χ1v) is 11.8. The molecule has 0 aromatic carbocycles. The summed E-state index contributed by atoms with van der Waals surface area (Å²) in [5.74, 6) is 0.661. The molecule has 0 spiro atoms. The van der Waals surface area contributed by atoms with E-state index in [0.29, 0.717) is 23.4 Å². The van der Waals surface area contributed by atoms with Crippen molar-refractivity contribution >= 4 is 38.9 Å². The van der Waals surface area contributed by atoms with Gasteiger partial charge in [-0.1, -0.05) is 11.6 Å². The van der Waals surface area contributed by atoms with Crippen LogP contribution in [0.1, 0.15) is 24.7 Å². The number of aliphatic imine (C=N–C) groups is 1. The number of aromatic nitrogens is 2. The maximum atomic E-state index is 12.1. The number of guanidine groups is 1. The molecule has 0 saturated heterocycles. The largest absolute Gasteiger partial charge is 0.357 e. The number of aryl methyl sites for hydroxylation is 3. The molecule has 0 aliphatic heterocycles. The zero-order valence-electron chi connectivity index (χ0n) is 16.3. The van der Waals surface area contributed by atoms with E-state index in [2.05, 4.69) is 31.5 Å². The number of thiophene rings is 1. The van der Waals surface area contributed by atoms with Crippen LogP contribution < -0.4 is 15.4 Å². The zero-order valence-corrected chi connectivity index (χ0v) is 18.7. The van der Waals surface area contributed by atoms with E-state index >= 15 is 0 Å². The first-order valence-electron chi connectivity index (χ1n) is 9.10. The highest BCUT2D eigenvalue weighted by atomic mass is 35.5. The highest BCUT2D eigenvalue weighted by Crippen LogP contribution is 2.25. The van der Waals surface area contributed by atoms with Crippen LogP contribution in [0.5, 0.6) is 0 Å². The van der Waals surface area contributed by atoms with Crippen molar-refractivity contribution in [3.05, 3.63) is 33.9 Å². The topological polar surface area (TPSA) is 100 Å². The van der Waals surface area contributed by atoms with Crippen LogP contribution in [-0.2, 0) is 16.6 Å². The fourth-order valence-corrected chi connectivity index (χ4v) is 5.09. The van der Waals surface area contributed by atoms with E-state index in [1.807, 2.05) is 25.5 Å². The van der Waals surface area contributed by atoms with E-state index in [0.717, 1.165) is 42.2 Å². The average Bonchev–Trinajstić information content (AvgIpc) is 3.21. The molecular weight excluding hydrogens is 420 g/mol. The summed E-state index contributed by atoms with van der Waals surface area (Å²) in [5.41, 5.74) is 2.16. The van der Waals surface area contributed by atoms with Gasteiger partial charge in [0.1, 0.15) is 4.21 Å². The molecule has 0 fully saturated rings. The molecule has 0 amide bonds. The quantitative estimate of drug-likeness (QED) is 0.295.